The first-order valence-electron chi connectivity index (χ1n) is 9.13. The Morgan fingerprint density at radius 2 is 1.79 bits per heavy atom. The van der Waals surface area contributed by atoms with Crippen molar-refractivity contribution in [2.75, 3.05) is 6.54 Å². The lowest BCUT2D eigenvalue weighted by atomic mass is 9.87. The Bertz CT molecular complexity index is 1230. The van der Waals surface area contributed by atoms with Gasteiger partial charge in [-0.2, -0.15) is 4.99 Å². The number of thiocarbonyl (C=S) groups is 1. The molecule has 1 unspecified atom stereocenters. The summed E-state index contributed by atoms with van der Waals surface area (Å²) in [7, 11) is 0. The quantitative estimate of drug-likeness (QED) is 0.188. The molecule has 1 heterocycles. The predicted octanol–water partition coefficient (Wildman–Crippen LogP) is 5.98. The number of fused-ring (bicyclic) bond motifs is 1. The molecule has 1 atom stereocenters. The van der Waals surface area contributed by atoms with Crippen molar-refractivity contribution < 1.29 is 4.92 Å². The highest BCUT2D eigenvalue weighted by Gasteiger charge is 2.27. The molecule has 4 aromatic rings. The van der Waals surface area contributed by atoms with E-state index in [1.165, 1.54) is 0 Å². The zero-order valence-corrected chi connectivity index (χ0v) is 16.2. The first-order chi connectivity index (χ1) is 14.2. The molecule has 5 nitrogen and oxygen atoms in total. The number of rotatable bonds is 6. The fraction of sp³-hybridized carbons (Fsp3) is 0.0870. The third-order valence-corrected chi connectivity index (χ3v) is 5.03. The molecule has 0 amide bonds. The summed E-state index contributed by atoms with van der Waals surface area (Å²) in [6, 6.07) is 25.1. The van der Waals surface area contributed by atoms with Crippen LogP contribution in [0.15, 0.2) is 83.9 Å². The van der Waals surface area contributed by atoms with Gasteiger partial charge in [-0.3, -0.25) is 10.1 Å². The number of hydrogen-bond donors (Lipinski definition) is 1. The van der Waals surface area contributed by atoms with Crippen LogP contribution in [0.3, 0.4) is 0 Å². The van der Waals surface area contributed by atoms with Gasteiger partial charge >= 0.3 is 0 Å². The van der Waals surface area contributed by atoms with Gasteiger partial charge in [0.1, 0.15) is 0 Å². The van der Waals surface area contributed by atoms with Crippen molar-refractivity contribution in [1.82, 2.24) is 4.98 Å². The molecule has 4 rings (SSSR count). The van der Waals surface area contributed by atoms with Gasteiger partial charge < -0.3 is 4.98 Å². The molecule has 0 spiro atoms. The van der Waals surface area contributed by atoms with E-state index in [0.717, 1.165) is 33.3 Å². The van der Waals surface area contributed by atoms with E-state index in [1.54, 1.807) is 6.07 Å². The van der Waals surface area contributed by atoms with E-state index in [-0.39, 0.29) is 11.5 Å². The summed E-state index contributed by atoms with van der Waals surface area (Å²) < 4.78 is 0. The Kier molecular flexibility index (Phi) is 5.29. The van der Waals surface area contributed by atoms with Crippen molar-refractivity contribution >= 4 is 34.0 Å². The van der Waals surface area contributed by atoms with E-state index in [2.05, 4.69) is 15.1 Å². The van der Waals surface area contributed by atoms with Crippen molar-refractivity contribution in [1.29, 1.82) is 0 Å². The van der Waals surface area contributed by atoms with Crippen molar-refractivity contribution in [3.05, 3.63) is 100 Å². The topological polar surface area (TPSA) is 71.3 Å². The van der Waals surface area contributed by atoms with Gasteiger partial charge in [0.15, 0.2) is 0 Å². The number of aromatic nitrogens is 1. The van der Waals surface area contributed by atoms with Gasteiger partial charge in [-0.05, 0) is 47.1 Å². The highest BCUT2D eigenvalue weighted by Crippen LogP contribution is 2.39. The van der Waals surface area contributed by atoms with Crippen LogP contribution in [-0.4, -0.2) is 21.6 Å². The molecule has 0 fully saturated rings. The normalized spacial score (nSPS) is 11.7. The average Bonchev–Trinajstić information content (AvgIpc) is 3.12. The average molecular weight is 399 g/mol. The van der Waals surface area contributed by atoms with Crippen LogP contribution >= 0.6 is 12.2 Å². The lowest BCUT2D eigenvalue weighted by molar-refractivity contribution is -0.481. The van der Waals surface area contributed by atoms with Crippen LogP contribution in [0.25, 0.3) is 22.2 Å². The minimum Gasteiger partial charge on any atom is -0.354 e. The molecule has 0 aliphatic rings. The zero-order valence-electron chi connectivity index (χ0n) is 15.4. The monoisotopic (exact) mass is 399 g/mol. The van der Waals surface area contributed by atoms with E-state index >= 15 is 0 Å². The van der Waals surface area contributed by atoms with E-state index in [4.69, 9.17) is 12.2 Å². The SMILES string of the molecule is O=[N+]([O-])CC(c1cccc(N=C=S)c1)c1c(-c2ccccc2)[nH]c2ccccc12. The van der Waals surface area contributed by atoms with Crippen LogP contribution in [-0.2, 0) is 0 Å². The maximum atomic E-state index is 11.6. The first kappa shape index (κ1) is 18.7. The lowest BCUT2D eigenvalue weighted by Crippen LogP contribution is -2.14. The minimum atomic E-state index is -0.448. The smallest absolute Gasteiger partial charge is 0.214 e. The number of aromatic amines is 1. The third-order valence-electron chi connectivity index (χ3n) is 4.94. The Labute approximate surface area is 172 Å². The lowest BCUT2D eigenvalue weighted by Gasteiger charge is -2.16. The second-order valence-corrected chi connectivity index (χ2v) is 6.87. The fourth-order valence-electron chi connectivity index (χ4n) is 3.73. The predicted molar refractivity (Wildman–Crippen MR) is 119 cm³/mol. The summed E-state index contributed by atoms with van der Waals surface area (Å²) in [5.41, 5.74) is 5.18. The molecule has 0 saturated carbocycles. The second kappa shape index (κ2) is 8.19. The third kappa shape index (κ3) is 3.85. The van der Waals surface area contributed by atoms with Gasteiger partial charge in [0, 0.05) is 15.8 Å². The van der Waals surface area contributed by atoms with E-state index < -0.39 is 5.92 Å². The highest BCUT2D eigenvalue weighted by molar-refractivity contribution is 7.78. The van der Waals surface area contributed by atoms with Crippen LogP contribution in [0.2, 0.25) is 0 Å². The molecule has 1 N–H and O–H groups in total. The van der Waals surface area contributed by atoms with Gasteiger partial charge in [-0.1, -0.05) is 60.7 Å². The van der Waals surface area contributed by atoms with Crippen molar-refractivity contribution in [2.45, 2.75) is 5.92 Å². The van der Waals surface area contributed by atoms with Crippen LogP contribution in [0.5, 0.6) is 0 Å². The Balaban J connectivity index is 1.99. The summed E-state index contributed by atoms with van der Waals surface area (Å²) in [5.74, 6) is -0.448. The molecule has 0 aliphatic heterocycles. The summed E-state index contributed by atoms with van der Waals surface area (Å²) in [6.07, 6.45) is 0. The number of benzene rings is 3. The van der Waals surface area contributed by atoms with Gasteiger partial charge in [-0.15, -0.1) is 0 Å². The number of hydrogen-bond acceptors (Lipinski definition) is 4. The summed E-state index contributed by atoms with van der Waals surface area (Å²) in [6.45, 7) is -0.230. The van der Waals surface area contributed by atoms with Gasteiger partial charge in [-0.25, -0.2) is 0 Å². The molecule has 0 saturated heterocycles. The molecule has 3 aromatic carbocycles. The summed E-state index contributed by atoms with van der Waals surface area (Å²) in [4.78, 5) is 18.9. The molecular weight excluding hydrogens is 382 g/mol. The van der Waals surface area contributed by atoms with Crippen molar-refractivity contribution in [3.8, 4) is 11.3 Å². The molecule has 29 heavy (non-hydrogen) atoms. The molecule has 0 aliphatic carbocycles. The number of H-pyrrole nitrogens is 1. The van der Waals surface area contributed by atoms with Crippen molar-refractivity contribution in [2.24, 2.45) is 4.99 Å². The maximum Gasteiger partial charge on any atom is 0.214 e. The van der Waals surface area contributed by atoms with Crippen LogP contribution in [0, 0.1) is 10.1 Å². The number of nitro groups is 1. The Hall–Kier alpha value is -3.60. The van der Waals surface area contributed by atoms with Gasteiger partial charge in [0.25, 0.3) is 0 Å². The maximum absolute atomic E-state index is 11.6. The minimum absolute atomic E-state index is 0.230. The van der Waals surface area contributed by atoms with E-state index in [1.807, 2.05) is 72.8 Å². The largest absolute Gasteiger partial charge is 0.354 e. The molecular formula is C23H17N3O2S. The number of nitrogens with one attached hydrogen (secondary N) is 1. The Morgan fingerprint density at radius 3 is 2.55 bits per heavy atom. The fourth-order valence-corrected chi connectivity index (χ4v) is 3.84. The molecule has 6 heteroatoms. The van der Waals surface area contributed by atoms with Crippen molar-refractivity contribution in [3.63, 3.8) is 0 Å². The second-order valence-electron chi connectivity index (χ2n) is 6.69. The van der Waals surface area contributed by atoms with Gasteiger partial charge in [0.2, 0.25) is 6.54 Å². The summed E-state index contributed by atoms with van der Waals surface area (Å²) >= 11 is 4.71. The summed E-state index contributed by atoms with van der Waals surface area (Å²) in [5, 5.41) is 15.0. The van der Waals surface area contributed by atoms with E-state index in [0.29, 0.717) is 5.69 Å². The van der Waals surface area contributed by atoms with E-state index in [9.17, 15) is 10.1 Å². The zero-order chi connectivity index (χ0) is 20.2. The molecule has 142 valence electrons. The molecule has 0 radical (unpaired) electrons. The standard InChI is InChI=1S/C23H17N3O2S/c27-26(28)14-20(17-9-6-10-18(13-17)24-15-29)22-19-11-4-5-12-21(19)25-23(22)16-7-2-1-3-8-16/h1-13,20,25H,14H2. The Morgan fingerprint density at radius 1 is 1.03 bits per heavy atom. The molecule has 1 aromatic heterocycles. The number of isothiocyanates is 1. The first-order valence-corrected chi connectivity index (χ1v) is 9.54. The number of para-hydroxylation sites is 1. The molecule has 0 bridgehead atoms. The highest BCUT2D eigenvalue weighted by atomic mass is 32.1. The van der Waals surface area contributed by atoms with Crippen LogP contribution < -0.4 is 0 Å². The van der Waals surface area contributed by atoms with Gasteiger partial charge in [0.05, 0.1) is 22.5 Å². The number of aliphatic imine (C=N–C) groups is 1. The van der Waals surface area contributed by atoms with Crippen LogP contribution in [0.4, 0.5) is 5.69 Å². The number of nitrogens with zero attached hydrogens (tertiary/aromatic N) is 2. The van der Waals surface area contributed by atoms with Crippen LogP contribution in [0.1, 0.15) is 17.0 Å².